The number of likely N-dealkylation sites (N-methyl/N-ethyl adjacent to an activating group) is 2. The maximum atomic E-state index is 12.5. The molecule has 0 aromatic heterocycles. The number of benzene rings is 4. The summed E-state index contributed by atoms with van der Waals surface area (Å²) in [5, 5.41) is 43.1. The number of carboxylic acids is 2. The van der Waals surface area contributed by atoms with E-state index in [0.717, 1.165) is 16.7 Å². The lowest BCUT2D eigenvalue weighted by molar-refractivity contribution is -0.166. The van der Waals surface area contributed by atoms with Crippen LogP contribution in [-0.2, 0) is 34.9 Å². The number of aliphatic carboxylic acids is 2. The van der Waals surface area contributed by atoms with Crippen molar-refractivity contribution in [2.24, 2.45) is 0 Å². The third-order valence-electron chi connectivity index (χ3n) is 10.0. The van der Waals surface area contributed by atoms with Gasteiger partial charge in [0.05, 0.1) is 55.5 Å². The van der Waals surface area contributed by atoms with Crippen LogP contribution in [-0.4, -0.2) is 100 Å². The summed E-state index contributed by atoms with van der Waals surface area (Å²) >= 11 is 23.9. The second kappa shape index (κ2) is 26.2. The zero-order chi connectivity index (χ0) is 50.9. The highest BCUT2D eigenvalue weighted by Crippen LogP contribution is 2.36. The topological polar surface area (TPSA) is 209 Å². The van der Waals surface area contributed by atoms with E-state index >= 15 is 0 Å². The highest BCUT2D eigenvalue weighted by molar-refractivity contribution is 6.42. The van der Waals surface area contributed by atoms with Crippen molar-refractivity contribution in [3.63, 3.8) is 0 Å². The summed E-state index contributed by atoms with van der Waals surface area (Å²) in [5.41, 5.74) is 1.13. The van der Waals surface area contributed by atoms with Gasteiger partial charge in [-0.2, -0.15) is 0 Å². The number of aryl methyl sites for hydroxylation is 2. The van der Waals surface area contributed by atoms with E-state index in [1.807, 2.05) is 6.07 Å². The molecule has 0 saturated heterocycles. The summed E-state index contributed by atoms with van der Waals surface area (Å²) in [5.74, 6) is -5.62. The average Bonchev–Trinajstić information content (AvgIpc) is 3.27. The van der Waals surface area contributed by atoms with Gasteiger partial charge in [0.1, 0.15) is 5.60 Å². The number of nitrogens with zero attached hydrogens (tertiary/aromatic N) is 1. The lowest BCUT2D eigenvalue weighted by Crippen LogP contribution is -2.51. The summed E-state index contributed by atoms with van der Waals surface area (Å²) in [6.45, 7) is 16.0. The maximum Gasteiger partial charge on any atom is 0.410 e. The highest BCUT2D eigenvalue weighted by Gasteiger charge is 2.42. The predicted octanol–water partition coefficient (Wildman–Crippen LogP) is 9.82. The van der Waals surface area contributed by atoms with Gasteiger partial charge in [-0.1, -0.05) is 106 Å². The monoisotopic (exact) mass is 1000 g/mol. The van der Waals surface area contributed by atoms with E-state index in [-0.39, 0.29) is 24.3 Å². The summed E-state index contributed by atoms with van der Waals surface area (Å²) in [4.78, 5) is 61.2. The number of aliphatic hydroxyl groups excluding tert-OH is 2. The summed E-state index contributed by atoms with van der Waals surface area (Å²) in [6, 6.07) is 22.4. The second-order valence-electron chi connectivity index (χ2n) is 16.0. The normalized spacial score (nSPS) is 13.5. The molecular weight excluding hydrogens is 950 g/mol. The van der Waals surface area contributed by atoms with E-state index in [0.29, 0.717) is 38.5 Å². The molecule has 67 heavy (non-hydrogen) atoms. The molecule has 4 aromatic rings. The van der Waals surface area contributed by atoms with Crippen LogP contribution in [0.15, 0.2) is 110 Å². The molecule has 14 nitrogen and oxygen atoms in total. The van der Waals surface area contributed by atoms with Crippen LogP contribution in [0.4, 0.5) is 4.79 Å². The molecule has 0 aliphatic carbocycles. The van der Waals surface area contributed by atoms with Crippen LogP contribution in [0.2, 0.25) is 20.1 Å². The predicted molar refractivity (Wildman–Crippen MR) is 259 cm³/mol. The van der Waals surface area contributed by atoms with Crippen molar-refractivity contribution < 1.29 is 58.6 Å². The Morgan fingerprint density at radius 1 is 0.657 bits per heavy atom. The smallest absolute Gasteiger partial charge is 0.410 e. The molecule has 0 aliphatic heterocycles. The first-order valence-electron chi connectivity index (χ1n) is 20.4. The molecule has 4 rings (SSSR count). The van der Waals surface area contributed by atoms with Gasteiger partial charge in [-0.05, 0) is 114 Å². The van der Waals surface area contributed by atoms with E-state index in [1.165, 1.54) is 29.2 Å². The minimum atomic E-state index is -2.22. The third kappa shape index (κ3) is 16.4. The SMILES string of the molecule is C=CCC(CO)(NC)c1ccc(Cl)c(Cl)c1.C=CCC(CO)(c1ccc(Cl)c(Cl)c1)N(C)C(=O)OC(C)(C)C.Cc1ccc(C(=O)OC(C(=O)O)C(OC(=O)c2ccc(C)cc2)C(=O)O)cc1. The number of esters is 2. The highest BCUT2D eigenvalue weighted by atomic mass is 35.5. The number of carbonyl (C=O) groups is 5. The maximum absolute atomic E-state index is 12.5. The Bertz CT molecular complexity index is 2270. The quantitative estimate of drug-likeness (QED) is 0.0380. The molecule has 18 heteroatoms. The molecule has 4 unspecified atom stereocenters. The number of aliphatic hydroxyl groups is 2. The van der Waals surface area contributed by atoms with Crippen LogP contribution in [0.1, 0.15) is 76.6 Å². The van der Waals surface area contributed by atoms with Gasteiger partial charge in [0.2, 0.25) is 12.2 Å². The number of carboxylic acid groups (broad SMARTS) is 2. The fourth-order valence-corrected chi connectivity index (χ4v) is 6.70. The molecule has 4 atom stereocenters. The number of ether oxygens (including phenoxy) is 3. The number of hydrogen-bond donors (Lipinski definition) is 5. The Morgan fingerprint density at radius 2 is 1.06 bits per heavy atom. The first-order chi connectivity index (χ1) is 31.3. The molecule has 0 fully saturated rings. The van der Waals surface area contributed by atoms with E-state index < -0.39 is 58.9 Å². The number of nitrogens with one attached hydrogen (secondary N) is 1. The van der Waals surface area contributed by atoms with Crippen molar-refractivity contribution in [3.8, 4) is 0 Å². The van der Waals surface area contributed by atoms with Gasteiger partial charge < -0.3 is 40.0 Å². The fourth-order valence-electron chi connectivity index (χ4n) is 6.11. The molecule has 0 aliphatic rings. The number of carbonyl (C=O) groups excluding carboxylic acids is 3. The van der Waals surface area contributed by atoms with Gasteiger partial charge >= 0.3 is 30.0 Å². The largest absolute Gasteiger partial charge is 0.478 e. The minimum Gasteiger partial charge on any atom is -0.478 e. The lowest BCUT2D eigenvalue weighted by atomic mass is 9.86. The average molecular weight is 1010 g/mol. The zero-order valence-corrected chi connectivity index (χ0v) is 41.2. The molecule has 1 amide bonds. The Labute approximate surface area is 410 Å². The second-order valence-corrected chi connectivity index (χ2v) is 17.7. The van der Waals surface area contributed by atoms with Crippen molar-refractivity contribution in [3.05, 3.63) is 164 Å². The van der Waals surface area contributed by atoms with Crippen LogP contribution < -0.4 is 5.32 Å². The molecule has 4 aromatic carbocycles. The van der Waals surface area contributed by atoms with Crippen LogP contribution in [0.5, 0.6) is 0 Å². The van der Waals surface area contributed by atoms with E-state index in [4.69, 9.17) is 60.6 Å². The van der Waals surface area contributed by atoms with E-state index in [1.54, 1.807) is 115 Å². The molecule has 0 spiro atoms. The van der Waals surface area contributed by atoms with Gasteiger partial charge in [0.15, 0.2) is 0 Å². The number of halogens is 4. The molecule has 0 heterocycles. The van der Waals surface area contributed by atoms with Gasteiger partial charge in [0.25, 0.3) is 0 Å². The molecule has 0 radical (unpaired) electrons. The van der Waals surface area contributed by atoms with Crippen LogP contribution >= 0.6 is 46.4 Å². The van der Waals surface area contributed by atoms with Crippen LogP contribution in [0, 0.1) is 13.8 Å². The van der Waals surface area contributed by atoms with E-state index in [2.05, 4.69) is 18.5 Å². The first kappa shape index (κ1) is 57.7. The van der Waals surface area contributed by atoms with Crippen molar-refractivity contribution in [2.45, 2.75) is 76.3 Å². The molecule has 362 valence electrons. The van der Waals surface area contributed by atoms with Crippen molar-refractivity contribution >= 4 is 76.4 Å². The fraction of sp³-hybridized carbons (Fsp3) is 0.327. The third-order valence-corrected chi connectivity index (χ3v) is 11.5. The number of amides is 1. The number of hydrogen-bond acceptors (Lipinski definition) is 11. The molecule has 0 bridgehead atoms. The summed E-state index contributed by atoms with van der Waals surface area (Å²) < 4.78 is 15.1. The van der Waals surface area contributed by atoms with Crippen molar-refractivity contribution in [1.29, 1.82) is 0 Å². The first-order valence-corrected chi connectivity index (χ1v) is 21.9. The van der Waals surface area contributed by atoms with Gasteiger partial charge in [-0.25, -0.2) is 24.0 Å². The zero-order valence-electron chi connectivity index (χ0n) is 38.1. The molecule has 5 N–H and O–H groups in total. The molecule has 0 saturated carbocycles. The molecular formula is C49H56Cl4N2O12. The number of rotatable bonds is 17. The van der Waals surface area contributed by atoms with E-state index in [9.17, 15) is 44.4 Å². The summed E-state index contributed by atoms with van der Waals surface area (Å²) in [6.07, 6.45) is -0.648. The van der Waals surface area contributed by atoms with Gasteiger partial charge in [-0.3, -0.25) is 4.90 Å². The Morgan fingerprint density at radius 3 is 1.39 bits per heavy atom. The Hall–Kier alpha value is -5.45. The van der Waals surface area contributed by atoms with Gasteiger partial charge in [-0.15, -0.1) is 13.2 Å². The summed E-state index contributed by atoms with van der Waals surface area (Å²) in [7, 11) is 3.37. The van der Waals surface area contributed by atoms with Crippen LogP contribution in [0.3, 0.4) is 0 Å². The van der Waals surface area contributed by atoms with Crippen molar-refractivity contribution in [2.75, 3.05) is 27.3 Å². The minimum absolute atomic E-state index is 0.0332. The Kier molecular flexibility index (Phi) is 22.5. The Balaban J connectivity index is 0.000000358. The standard InChI is InChI=1S/C20H18O8.C17H23Cl2NO3.C12H15Cl2NO/c1-11-3-7-13(8-4-11)19(25)27-15(17(21)22)16(18(23)24)28-20(26)14-9-5-12(2)6-10-14;1-6-9-17(11-21,12-7-8-13(18)14(19)10-12)20(5)15(22)23-16(2,3)4;1-3-6-12(8-16,15-2)9-4-5-10(13)11(14)7-9/h3-10,15-16H,1-2H3,(H,21,22)(H,23,24);6-8,10,21H,1,9,11H2,2-5H3;3-5,7,15-16H,1,6,8H2,2H3. The van der Waals surface area contributed by atoms with Crippen LogP contribution in [0.25, 0.3) is 0 Å². The van der Waals surface area contributed by atoms with Crippen molar-refractivity contribution in [1.82, 2.24) is 10.2 Å². The van der Waals surface area contributed by atoms with Gasteiger partial charge in [0, 0.05) is 7.05 Å². The lowest BCUT2D eigenvalue weighted by Gasteiger charge is -2.41.